The fraction of sp³-hybridized carbons (Fsp3) is 0.300. The summed E-state index contributed by atoms with van der Waals surface area (Å²) in [6.07, 6.45) is -0.716. The molecule has 0 radical (unpaired) electrons. The van der Waals surface area contributed by atoms with Crippen molar-refractivity contribution in [3.05, 3.63) is 28.3 Å². The number of anilines is 1. The highest BCUT2D eigenvalue weighted by molar-refractivity contribution is 6.31. The molecule has 0 saturated heterocycles. The highest BCUT2D eigenvalue weighted by Gasteiger charge is 2.18. The van der Waals surface area contributed by atoms with Crippen molar-refractivity contribution in [2.75, 3.05) is 20.0 Å². The molecule has 0 bridgehead atoms. The van der Waals surface area contributed by atoms with E-state index in [0.717, 1.165) is 0 Å². The van der Waals surface area contributed by atoms with Crippen LogP contribution < -0.4 is 5.73 Å². The minimum absolute atomic E-state index is 0.0292. The Hall–Kier alpha value is -1.30. The van der Waals surface area contributed by atoms with Gasteiger partial charge in [-0.2, -0.15) is 0 Å². The van der Waals surface area contributed by atoms with Crippen molar-refractivity contribution in [2.45, 2.75) is 6.29 Å². The molecule has 16 heavy (non-hydrogen) atoms. The lowest BCUT2D eigenvalue weighted by Crippen LogP contribution is -2.09. The van der Waals surface area contributed by atoms with Gasteiger partial charge < -0.3 is 20.3 Å². The SMILES string of the molecule is COC(OC)c1cc(C(=O)O)c(N)cc1Cl. The largest absolute Gasteiger partial charge is 0.478 e. The summed E-state index contributed by atoms with van der Waals surface area (Å²) in [6, 6.07) is 2.71. The Morgan fingerprint density at radius 2 is 2.00 bits per heavy atom. The summed E-state index contributed by atoms with van der Waals surface area (Å²) in [5, 5.41) is 9.21. The summed E-state index contributed by atoms with van der Waals surface area (Å²) in [5.74, 6) is -1.12. The van der Waals surface area contributed by atoms with Crippen LogP contribution in [0.3, 0.4) is 0 Å². The van der Waals surface area contributed by atoms with E-state index in [1.807, 2.05) is 0 Å². The molecule has 5 nitrogen and oxygen atoms in total. The molecule has 3 N–H and O–H groups in total. The number of carboxylic acid groups (broad SMARTS) is 1. The lowest BCUT2D eigenvalue weighted by Gasteiger charge is -2.16. The van der Waals surface area contributed by atoms with Crippen LogP contribution in [0, 0.1) is 0 Å². The zero-order valence-corrected chi connectivity index (χ0v) is 9.62. The van der Waals surface area contributed by atoms with E-state index in [2.05, 4.69) is 0 Å². The summed E-state index contributed by atoms with van der Waals surface area (Å²) in [4.78, 5) is 10.9. The number of ether oxygens (including phenoxy) is 2. The van der Waals surface area contributed by atoms with Gasteiger partial charge in [-0.15, -0.1) is 0 Å². The average Bonchev–Trinajstić information content (AvgIpc) is 2.22. The van der Waals surface area contributed by atoms with Crippen LogP contribution >= 0.6 is 11.6 Å². The molecule has 0 unspecified atom stereocenters. The van der Waals surface area contributed by atoms with Crippen LogP contribution in [0.1, 0.15) is 22.2 Å². The lowest BCUT2D eigenvalue weighted by molar-refractivity contribution is -0.105. The van der Waals surface area contributed by atoms with Crippen molar-refractivity contribution in [3.8, 4) is 0 Å². The first-order valence-electron chi connectivity index (χ1n) is 4.39. The third kappa shape index (κ3) is 2.44. The maximum Gasteiger partial charge on any atom is 0.337 e. The number of carbonyl (C=O) groups is 1. The van der Waals surface area contributed by atoms with E-state index in [4.69, 9.17) is 31.9 Å². The minimum atomic E-state index is -1.12. The van der Waals surface area contributed by atoms with E-state index in [9.17, 15) is 4.79 Å². The van der Waals surface area contributed by atoms with Crippen LogP contribution in [0.2, 0.25) is 5.02 Å². The Bertz CT molecular complexity index is 404. The van der Waals surface area contributed by atoms with Gasteiger partial charge in [0.15, 0.2) is 6.29 Å². The standard InChI is InChI=1S/C10H12ClNO4/c1-15-10(16-2)5-3-6(9(13)14)8(12)4-7(5)11/h3-4,10H,12H2,1-2H3,(H,13,14). The van der Waals surface area contributed by atoms with Crippen molar-refractivity contribution < 1.29 is 19.4 Å². The maximum atomic E-state index is 10.9. The number of nitrogens with two attached hydrogens (primary N) is 1. The monoisotopic (exact) mass is 245 g/mol. The first-order valence-corrected chi connectivity index (χ1v) is 4.76. The molecule has 1 aromatic carbocycles. The number of benzene rings is 1. The molecule has 0 aliphatic heterocycles. The Morgan fingerprint density at radius 1 is 1.44 bits per heavy atom. The Morgan fingerprint density at radius 3 is 2.44 bits per heavy atom. The van der Waals surface area contributed by atoms with Gasteiger partial charge in [-0.1, -0.05) is 11.6 Å². The van der Waals surface area contributed by atoms with Gasteiger partial charge in [0, 0.05) is 25.5 Å². The van der Waals surface area contributed by atoms with Gasteiger partial charge in [-0.3, -0.25) is 0 Å². The second-order valence-electron chi connectivity index (χ2n) is 3.07. The summed E-state index contributed by atoms with van der Waals surface area (Å²) in [7, 11) is 2.86. The molecule has 0 aliphatic carbocycles. The zero-order valence-electron chi connectivity index (χ0n) is 8.86. The molecular formula is C10H12ClNO4. The van der Waals surface area contributed by atoms with Gasteiger partial charge in [0.2, 0.25) is 0 Å². The number of hydrogen-bond acceptors (Lipinski definition) is 4. The predicted octanol–water partition coefficient (Wildman–Crippen LogP) is 1.91. The van der Waals surface area contributed by atoms with Crippen LogP contribution in [0.4, 0.5) is 5.69 Å². The number of rotatable bonds is 4. The number of hydrogen-bond donors (Lipinski definition) is 2. The van der Waals surface area contributed by atoms with E-state index in [1.165, 1.54) is 26.4 Å². The van der Waals surface area contributed by atoms with Crippen molar-refractivity contribution >= 4 is 23.3 Å². The van der Waals surface area contributed by atoms with E-state index in [0.29, 0.717) is 10.6 Å². The van der Waals surface area contributed by atoms with E-state index in [1.54, 1.807) is 0 Å². The van der Waals surface area contributed by atoms with Gasteiger partial charge in [0.1, 0.15) is 0 Å². The molecule has 0 spiro atoms. The molecule has 1 aromatic rings. The average molecular weight is 246 g/mol. The van der Waals surface area contributed by atoms with Crippen LogP contribution in [0.5, 0.6) is 0 Å². The van der Waals surface area contributed by atoms with Crippen molar-refractivity contribution in [1.29, 1.82) is 0 Å². The normalized spacial score (nSPS) is 10.8. The summed E-state index contributed by atoms with van der Waals surface area (Å²) >= 11 is 5.93. The topological polar surface area (TPSA) is 81.8 Å². The molecule has 0 saturated carbocycles. The van der Waals surface area contributed by atoms with E-state index in [-0.39, 0.29) is 11.3 Å². The Labute approximate surface area is 97.7 Å². The summed E-state index contributed by atoms with van der Waals surface area (Å²) < 4.78 is 10.0. The molecule has 1 rings (SSSR count). The lowest BCUT2D eigenvalue weighted by atomic mass is 10.1. The zero-order chi connectivity index (χ0) is 12.3. The number of methoxy groups -OCH3 is 2. The third-order valence-electron chi connectivity index (χ3n) is 2.08. The molecule has 0 heterocycles. The number of nitrogen functional groups attached to an aromatic ring is 1. The van der Waals surface area contributed by atoms with Gasteiger partial charge in [0.25, 0.3) is 0 Å². The number of halogens is 1. The molecule has 88 valence electrons. The molecule has 0 atom stereocenters. The smallest absolute Gasteiger partial charge is 0.337 e. The maximum absolute atomic E-state index is 10.9. The fourth-order valence-corrected chi connectivity index (χ4v) is 1.58. The quantitative estimate of drug-likeness (QED) is 0.626. The highest BCUT2D eigenvalue weighted by atomic mass is 35.5. The van der Waals surface area contributed by atoms with Gasteiger partial charge in [-0.05, 0) is 12.1 Å². The third-order valence-corrected chi connectivity index (χ3v) is 2.41. The van der Waals surface area contributed by atoms with Crippen LogP contribution in [-0.2, 0) is 9.47 Å². The number of aromatic carboxylic acids is 1. The Balaban J connectivity index is 3.29. The van der Waals surface area contributed by atoms with Crippen LogP contribution in [0.25, 0.3) is 0 Å². The molecule has 0 aromatic heterocycles. The fourth-order valence-electron chi connectivity index (χ4n) is 1.32. The second kappa shape index (κ2) is 5.16. The number of carboxylic acids is 1. The second-order valence-corrected chi connectivity index (χ2v) is 3.48. The van der Waals surface area contributed by atoms with Gasteiger partial charge in [0.05, 0.1) is 10.6 Å². The minimum Gasteiger partial charge on any atom is -0.478 e. The molecule has 6 heteroatoms. The van der Waals surface area contributed by atoms with Crippen LogP contribution in [0.15, 0.2) is 12.1 Å². The predicted molar refractivity (Wildman–Crippen MR) is 59.6 cm³/mol. The van der Waals surface area contributed by atoms with Gasteiger partial charge >= 0.3 is 5.97 Å². The summed E-state index contributed by atoms with van der Waals surface area (Å²) in [5.41, 5.74) is 6.03. The molecule has 0 fully saturated rings. The van der Waals surface area contributed by atoms with E-state index < -0.39 is 12.3 Å². The Kier molecular flexibility index (Phi) is 4.12. The molecular weight excluding hydrogens is 234 g/mol. The first kappa shape index (κ1) is 12.8. The summed E-state index contributed by atoms with van der Waals surface area (Å²) in [6.45, 7) is 0. The van der Waals surface area contributed by atoms with Crippen molar-refractivity contribution in [1.82, 2.24) is 0 Å². The van der Waals surface area contributed by atoms with Gasteiger partial charge in [-0.25, -0.2) is 4.79 Å². The molecule has 0 aliphatic rings. The van der Waals surface area contributed by atoms with E-state index >= 15 is 0 Å². The van der Waals surface area contributed by atoms with Crippen LogP contribution in [-0.4, -0.2) is 25.3 Å². The molecule has 0 amide bonds. The highest BCUT2D eigenvalue weighted by Crippen LogP contribution is 2.30. The first-order chi connectivity index (χ1) is 7.51. The van der Waals surface area contributed by atoms with Crippen molar-refractivity contribution in [3.63, 3.8) is 0 Å². The van der Waals surface area contributed by atoms with Crippen molar-refractivity contribution in [2.24, 2.45) is 0 Å².